The Hall–Kier alpha value is -1.45. The number of hydrogen-bond donors (Lipinski definition) is 0. The van der Waals surface area contributed by atoms with Gasteiger partial charge < -0.3 is 0 Å². The van der Waals surface area contributed by atoms with E-state index in [1.54, 1.807) is 11.3 Å². The second kappa shape index (κ2) is 4.34. The third-order valence-corrected chi connectivity index (χ3v) is 4.54. The molecular weight excluding hydrogens is 264 g/mol. The molecule has 0 amide bonds. The van der Waals surface area contributed by atoms with Crippen LogP contribution >= 0.6 is 22.9 Å². The minimum Gasteiger partial charge on any atom is -0.235 e. The van der Waals surface area contributed by atoms with Gasteiger partial charge in [0.05, 0.1) is 10.2 Å². The van der Waals surface area contributed by atoms with E-state index in [1.165, 1.54) is 27.9 Å². The maximum atomic E-state index is 6.10. The van der Waals surface area contributed by atoms with Crippen molar-refractivity contribution in [1.29, 1.82) is 0 Å². The molecule has 4 heteroatoms. The molecular formula is C14H11ClN2S. The molecule has 0 spiro atoms. The average Bonchev–Trinajstić information content (AvgIpc) is 2.74. The third kappa shape index (κ3) is 1.80. The monoisotopic (exact) mass is 274 g/mol. The van der Waals surface area contributed by atoms with Gasteiger partial charge in [-0.2, -0.15) is 0 Å². The van der Waals surface area contributed by atoms with Crippen molar-refractivity contribution in [2.75, 3.05) is 0 Å². The van der Waals surface area contributed by atoms with Crippen LogP contribution in [0.1, 0.15) is 11.1 Å². The fourth-order valence-electron chi connectivity index (χ4n) is 2.15. The second-order valence-corrected chi connectivity index (χ2v) is 5.67. The summed E-state index contributed by atoms with van der Waals surface area (Å²) < 4.78 is 0.955. The van der Waals surface area contributed by atoms with Crippen molar-refractivity contribution in [1.82, 2.24) is 9.97 Å². The number of aromatic nitrogens is 2. The van der Waals surface area contributed by atoms with Gasteiger partial charge in [-0.1, -0.05) is 29.8 Å². The predicted molar refractivity (Wildman–Crippen MR) is 77.3 cm³/mol. The topological polar surface area (TPSA) is 25.8 Å². The SMILES string of the molecule is Cc1cccc(C)c1-c1cc2ncnc(Cl)c2s1. The van der Waals surface area contributed by atoms with Gasteiger partial charge in [0, 0.05) is 4.88 Å². The molecule has 0 unspecified atom stereocenters. The van der Waals surface area contributed by atoms with Gasteiger partial charge in [0.2, 0.25) is 0 Å². The first-order chi connectivity index (χ1) is 8.66. The standard InChI is InChI=1S/C14H11ClN2S/c1-8-4-3-5-9(2)12(8)11-6-10-13(18-11)14(15)17-7-16-10/h3-7H,1-2H3. The first-order valence-corrected chi connectivity index (χ1v) is 6.83. The van der Waals surface area contributed by atoms with Crippen LogP contribution in [0.2, 0.25) is 5.15 Å². The second-order valence-electron chi connectivity index (χ2n) is 4.26. The van der Waals surface area contributed by atoms with Crippen LogP contribution in [-0.4, -0.2) is 9.97 Å². The van der Waals surface area contributed by atoms with E-state index in [0.29, 0.717) is 5.15 Å². The van der Waals surface area contributed by atoms with Gasteiger partial charge in [-0.05, 0) is 36.6 Å². The molecule has 0 aliphatic heterocycles. The van der Waals surface area contributed by atoms with E-state index in [-0.39, 0.29) is 0 Å². The van der Waals surface area contributed by atoms with Crippen LogP contribution in [0.15, 0.2) is 30.6 Å². The Balaban J connectivity index is 2.30. The fraction of sp³-hybridized carbons (Fsp3) is 0.143. The normalized spacial score (nSPS) is 11.1. The zero-order valence-electron chi connectivity index (χ0n) is 10.1. The number of hydrogen-bond acceptors (Lipinski definition) is 3. The molecule has 0 N–H and O–H groups in total. The molecule has 0 fully saturated rings. The summed E-state index contributed by atoms with van der Waals surface area (Å²) in [4.78, 5) is 9.48. The lowest BCUT2D eigenvalue weighted by Crippen LogP contribution is -1.84. The van der Waals surface area contributed by atoms with Crippen molar-refractivity contribution in [3.05, 3.63) is 46.9 Å². The highest BCUT2D eigenvalue weighted by atomic mass is 35.5. The summed E-state index contributed by atoms with van der Waals surface area (Å²) >= 11 is 7.75. The number of thiophene rings is 1. The van der Waals surface area contributed by atoms with Crippen LogP contribution in [-0.2, 0) is 0 Å². The smallest absolute Gasteiger partial charge is 0.150 e. The molecule has 0 saturated heterocycles. The van der Waals surface area contributed by atoms with Crippen molar-refractivity contribution in [2.45, 2.75) is 13.8 Å². The Morgan fingerprint density at radius 1 is 1.11 bits per heavy atom. The van der Waals surface area contributed by atoms with Crippen molar-refractivity contribution in [3.8, 4) is 10.4 Å². The first kappa shape index (κ1) is 11.6. The molecule has 0 aliphatic carbocycles. The van der Waals surface area contributed by atoms with Crippen LogP contribution in [0.5, 0.6) is 0 Å². The van der Waals surface area contributed by atoms with Gasteiger partial charge in [0.1, 0.15) is 11.5 Å². The molecule has 18 heavy (non-hydrogen) atoms. The van der Waals surface area contributed by atoms with Crippen molar-refractivity contribution in [3.63, 3.8) is 0 Å². The van der Waals surface area contributed by atoms with Gasteiger partial charge in [0.25, 0.3) is 0 Å². The minimum absolute atomic E-state index is 0.530. The summed E-state index contributed by atoms with van der Waals surface area (Å²) in [5.74, 6) is 0. The highest BCUT2D eigenvalue weighted by molar-refractivity contribution is 7.22. The Morgan fingerprint density at radius 3 is 2.50 bits per heavy atom. The van der Waals surface area contributed by atoms with E-state index in [0.717, 1.165) is 10.2 Å². The maximum Gasteiger partial charge on any atom is 0.150 e. The van der Waals surface area contributed by atoms with E-state index in [1.807, 2.05) is 0 Å². The zero-order valence-corrected chi connectivity index (χ0v) is 11.6. The number of nitrogens with zero attached hydrogens (tertiary/aromatic N) is 2. The lowest BCUT2D eigenvalue weighted by molar-refractivity contribution is 1.23. The van der Waals surface area contributed by atoms with E-state index in [9.17, 15) is 0 Å². The summed E-state index contributed by atoms with van der Waals surface area (Å²) in [6.07, 6.45) is 1.51. The molecule has 2 heterocycles. The number of halogens is 1. The van der Waals surface area contributed by atoms with Crippen molar-refractivity contribution >= 4 is 33.2 Å². The molecule has 0 atom stereocenters. The summed E-state index contributed by atoms with van der Waals surface area (Å²) in [6, 6.07) is 8.41. The van der Waals surface area contributed by atoms with Crippen LogP contribution in [0.4, 0.5) is 0 Å². The Labute approximate surface area is 114 Å². The summed E-state index contributed by atoms with van der Waals surface area (Å²) in [5, 5.41) is 0.530. The maximum absolute atomic E-state index is 6.10. The Morgan fingerprint density at radius 2 is 1.83 bits per heavy atom. The molecule has 1 aromatic carbocycles. The van der Waals surface area contributed by atoms with E-state index in [4.69, 9.17) is 11.6 Å². The highest BCUT2D eigenvalue weighted by Crippen LogP contribution is 2.38. The zero-order chi connectivity index (χ0) is 12.7. The largest absolute Gasteiger partial charge is 0.235 e. The summed E-state index contributed by atoms with van der Waals surface area (Å²) in [6.45, 7) is 4.25. The van der Waals surface area contributed by atoms with E-state index >= 15 is 0 Å². The van der Waals surface area contributed by atoms with Crippen LogP contribution in [0.3, 0.4) is 0 Å². The van der Waals surface area contributed by atoms with Gasteiger partial charge >= 0.3 is 0 Å². The first-order valence-electron chi connectivity index (χ1n) is 5.63. The molecule has 3 rings (SSSR count). The number of rotatable bonds is 1. The molecule has 2 aromatic heterocycles. The summed E-state index contributed by atoms with van der Waals surface area (Å²) in [7, 11) is 0. The molecule has 0 bridgehead atoms. The molecule has 3 aromatic rings. The lowest BCUT2D eigenvalue weighted by atomic mass is 10.0. The minimum atomic E-state index is 0.530. The van der Waals surface area contributed by atoms with Crippen molar-refractivity contribution in [2.24, 2.45) is 0 Å². The van der Waals surface area contributed by atoms with Gasteiger partial charge in [-0.3, -0.25) is 0 Å². The Bertz CT molecular complexity index is 713. The highest BCUT2D eigenvalue weighted by Gasteiger charge is 2.12. The van der Waals surface area contributed by atoms with E-state index in [2.05, 4.69) is 48.1 Å². The van der Waals surface area contributed by atoms with E-state index < -0.39 is 0 Å². The van der Waals surface area contributed by atoms with Gasteiger partial charge in [-0.15, -0.1) is 11.3 Å². The number of benzene rings is 1. The molecule has 90 valence electrons. The number of aryl methyl sites for hydroxylation is 2. The summed E-state index contributed by atoms with van der Waals surface area (Å²) in [5.41, 5.74) is 4.73. The molecule has 0 aliphatic rings. The molecule has 0 saturated carbocycles. The quantitative estimate of drug-likeness (QED) is 0.605. The predicted octanol–water partition coefficient (Wildman–Crippen LogP) is 4.63. The fourth-order valence-corrected chi connectivity index (χ4v) is 3.58. The van der Waals surface area contributed by atoms with Gasteiger partial charge in [-0.25, -0.2) is 9.97 Å². The molecule has 0 radical (unpaired) electrons. The number of fused-ring (bicyclic) bond motifs is 1. The Kier molecular flexibility index (Phi) is 2.80. The van der Waals surface area contributed by atoms with Gasteiger partial charge in [0.15, 0.2) is 0 Å². The van der Waals surface area contributed by atoms with Crippen molar-refractivity contribution < 1.29 is 0 Å². The lowest BCUT2D eigenvalue weighted by Gasteiger charge is -2.06. The van der Waals surface area contributed by atoms with Crippen LogP contribution in [0.25, 0.3) is 20.7 Å². The van der Waals surface area contributed by atoms with Crippen LogP contribution < -0.4 is 0 Å². The third-order valence-electron chi connectivity index (χ3n) is 3.00. The average molecular weight is 275 g/mol. The molecule has 2 nitrogen and oxygen atoms in total. The van der Waals surface area contributed by atoms with Crippen LogP contribution in [0, 0.1) is 13.8 Å².